The molecule has 0 bridgehead atoms. The molecule has 0 saturated carbocycles. The molecule has 0 aliphatic carbocycles. The van der Waals surface area contributed by atoms with E-state index in [1.54, 1.807) is 32.3 Å². The number of benzene rings is 1. The molecule has 0 fully saturated rings. The van der Waals surface area contributed by atoms with Gasteiger partial charge in [0.25, 0.3) is 0 Å². The van der Waals surface area contributed by atoms with E-state index in [0.717, 1.165) is 17.2 Å². The van der Waals surface area contributed by atoms with Crippen LogP contribution in [0.15, 0.2) is 36.7 Å². The topological polar surface area (TPSA) is 12.9 Å². The maximum atomic E-state index is 13.0. The summed E-state index contributed by atoms with van der Waals surface area (Å²) in [5.74, 6) is 0. The highest BCUT2D eigenvalue weighted by atomic mass is 19.4. The molecule has 0 atom stereocenters. The first-order valence-electron chi connectivity index (χ1n) is 5.49. The minimum absolute atomic E-state index is 0.211. The van der Waals surface area contributed by atoms with Gasteiger partial charge in [-0.15, -0.1) is 0 Å². The molecule has 18 heavy (non-hydrogen) atoms. The van der Waals surface area contributed by atoms with Crippen molar-refractivity contribution in [3.05, 3.63) is 53.3 Å². The van der Waals surface area contributed by atoms with E-state index < -0.39 is 11.7 Å². The maximum Gasteiger partial charge on any atom is 0.417 e. The average molecular weight is 251 g/mol. The number of hydrogen-bond acceptors (Lipinski definition) is 1. The van der Waals surface area contributed by atoms with Crippen LogP contribution in [0.25, 0.3) is 11.1 Å². The van der Waals surface area contributed by atoms with Crippen LogP contribution in [0.4, 0.5) is 13.2 Å². The van der Waals surface area contributed by atoms with E-state index in [-0.39, 0.29) is 5.56 Å². The normalized spacial score (nSPS) is 11.6. The van der Waals surface area contributed by atoms with Crippen LogP contribution in [0.2, 0.25) is 0 Å². The summed E-state index contributed by atoms with van der Waals surface area (Å²) in [6.45, 7) is 3.53. The number of hydrogen-bond donors (Lipinski definition) is 0. The summed E-state index contributed by atoms with van der Waals surface area (Å²) in [4.78, 5) is 3.98. The van der Waals surface area contributed by atoms with Crippen molar-refractivity contribution in [3.63, 3.8) is 0 Å². The zero-order valence-corrected chi connectivity index (χ0v) is 10.0. The molecule has 0 amide bonds. The van der Waals surface area contributed by atoms with Gasteiger partial charge in [0.15, 0.2) is 0 Å². The Morgan fingerprint density at radius 3 is 2.06 bits per heavy atom. The molecule has 0 N–H and O–H groups in total. The van der Waals surface area contributed by atoms with Crippen LogP contribution in [-0.2, 0) is 6.18 Å². The van der Waals surface area contributed by atoms with Gasteiger partial charge in [-0.2, -0.15) is 13.2 Å². The third-order valence-corrected chi connectivity index (χ3v) is 2.83. The van der Waals surface area contributed by atoms with Crippen molar-refractivity contribution in [3.8, 4) is 11.1 Å². The van der Waals surface area contributed by atoms with E-state index in [0.29, 0.717) is 5.56 Å². The second-order valence-electron chi connectivity index (χ2n) is 4.19. The molecule has 0 unspecified atom stereocenters. The maximum absolute atomic E-state index is 13.0. The second kappa shape index (κ2) is 4.44. The molecule has 0 saturated heterocycles. The second-order valence-corrected chi connectivity index (χ2v) is 4.19. The summed E-state index contributed by atoms with van der Waals surface area (Å²) in [5.41, 5.74) is 1.70. The molecule has 0 aliphatic heterocycles. The lowest BCUT2D eigenvalue weighted by atomic mass is 9.94. The fraction of sp³-hybridized carbons (Fsp3) is 0.214. The first-order chi connectivity index (χ1) is 8.41. The summed E-state index contributed by atoms with van der Waals surface area (Å²) >= 11 is 0. The molecule has 1 nitrogen and oxygen atoms in total. The Balaban J connectivity index is 2.73. The van der Waals surface area contributed by atoms with Gasteiger partial charge >= 0.3 is 6.18 Å². The minimum atomic E-state index is -4.35. The van der Waals surface area contributed by atoms with Gasteiger partial charge in [-0.25, -0.2) is 0 Å². The van der Waals surface area contributed by atoms with Crippen molar-refractivity contribution >= 4 is 0 Å². The van der Waals surface area contributed by atoms with Crippen LogP contribution in [0.3, 0.4) is 0 Å². The average Bonchev–Trinajstić information content (AvgIpc) is 2.28. The first kappa shape index (κ1) is 12.6. The number of aryl methyl sites for hydroxylation is 2. The molecule has 1 heterocycles. The predicted molar refractivity (Wildman–Crippen MR) is 64.1 cm³/mol. The molecule has 2 aromatic rings. The summed E-state index contributed by atoms with van der Waals surface area (Å²) < 4.78 is 38.9. The Morgan fingerprint density at radius 1 is 0.944 bits per heavy atom. The molecule has 4 heteroatoms. The lowest BCUT2D eigenvalue weighted by Crippen LogP contribution is -2.07. The van der Waals surface area contributed by atoms with Crippen molar-refractivity contribution in [2.75, 3.05) is 0 Å². The van der Waals surface area contributed by atoms with Gasteiger partial charge in [0.2, 0.25) is 0 Å². The lowest BCUT2D eigenvalue weighted by molar-refractivity contribution is -0.137. The van der Waals surface area contributed by atoms with Gasteiger partial charge in [-0.05, 0) is 42.2 Å². The van der Waals surface area contributed by atoms with E-state index in [2.05, 4.69) is 4.98 Å². The molecular weight excluding hydrogens is 239 g/mol. The number of pyridine rings is 1. The quantitative estimate of drug-likeness (QED) is 0.732. The van der Waals surface area contributed by atoms with Crippen molar-refractivity contribution in [1.82, 2.24) is 4.98 Å². The van der Waals surface area contributed by atoms with Gasteiger partial charge < -0.3 is 0 Å². The number of halogens is 3. The molecule has 94 valence electrons. The van der Waals surface area contributed by atoms with E-state index in [1.165, 1.54) is 12.1 Å². The summed E-state index contributed by atoms with van der Waals surface area (Å²) in [6.07, 6.45) is -1.19. The third kappa shape index (κ3) is 2.23. The monoisotopic (exact) mass is 251 g/mol. The fourth-order valence-corrected chi connectivity index (χ4v) is 2.07. The van der Waals surface area contributed by atoms with E-state index in [4.69, 9.17) is 0 Å². The molecule has 0 spiro atoms. The van der Waals surface area contributed by atoms with E-state index in [1.807, 2.05) is 0 Å². The number of alkyl halides is 3. The van der Waals surface area contributed by atoms with E-state index in [9.17, 15) is 13.2 Å². The van der Waals surface area contributed by atoms with Crippen molar-refractivity contribution in [2.45, 2.75) is 20.0 Å². The molecule has 0 aliphatic rings. The van der Waals surface area contributed by atoms with E-state index >= 15 is 0 Å². The zero-order valence-electron chi connectivity index (χ0n) is 10.0. The Hall–Kier alpha value is -1.84. The van der Waals surface area contributed by atoms with Gasteiger partial charge in [-0.1, -0.05) is 18.2 Å². The number of aromatic nitrogens is 1. The zero-order chi connectivity index (χ0) is 13.3. The first-order valence-corrected chi connectivity index (χ1v) is 5.49. The Morgan fingerprint density at radius 2 is 1.50 bits per heavy atom. The number of rotatable bonds is 1. The molecular formula is C14H12F3N. The highest BCUT2D eigenvalue weighted by molar-refractivity contribution is 5.73. The number of nitrogens with zero attached hydrogens (tertiary/aromatic N) is 1. The van der Waals surface area contributed by atoms with Crippen LogP contribution < -0.4 is 0 Å². The van der Waals surface area contributed by atoms with Crippen LogP contribution in [0.1, 0.15) is 16.7 Å². The van der Waals surface area contributed by atoms with Crippen LogP contribution >= 0.6 is 0 Å². The molecule has 1 aromatic carbocycles. The van der Waals surface area contributed by atoms with Gasteiger partial charge in [0, 0.05) is 12.4 Å². The summed E-state index contributed by atoms with van der Waals surface area (Å²) in [6, 6.07) is 5.62. The predicted octanol–water partition coefficient (Wildman–Crippen LogP) is 4.38. The van der Waals surface area contributed by atoms with Crippen molar-refractivity contribution in [2.24, 2.45) is 0 Å². The highest BCUT2D eigenvalue weighted by Crippen LogP contribution is 2.38. The smallest absolute Gasteiger partial charge is 0.264 e. The Bertz CT molecular complexity index is 553. The van der Waals surface area contributed by atoms with Crippen LogP contribution in [-0.4, -0.2) is 4.98 Å². The largest absolute Gasteiger partial charge is 0.417 e. The van der Waals surface area contributed by atoms with Gasteiger partial charge in [0.05, 0.1) is 5.56 Å². The fourth-order valence-electron chi connectivity index (χ4n) is 2.07. The summed E-state index contributed by atoms with van der Waals surface area (Å²) in [5, 5.41) is 0. The molecule has 0 radical (unpaired) electrons. The molecule has 2 rings (SSSR count). The minimum Gasteiger partial charge on any atom is -0.264 e. The highest BCUT2D eigenvalue weighted by Gasteiger charge is 2.33. The standard InChI is InChI=1S/C14H12F3N/c1-9-7-18-8-10(2)13(9)11-5-3-4-6-12(11)14(15,16)17/h3-8H,1-2H3. The SMILES string of the molecule is Cc1cncc(C)c1-c1ccccc1C(F)(F)F. The summed E-state index contributed by atoms with van der Waals surface area (Å²) in [7, 11) is 0. The third-order valence-electron chi connectivity index (χ3n) is 2.83. The van der Waals surface area contributed by atoms with Gasteiger partial charge in [-0.3, -0.25) is 4.98 Å². The van der Waals surface area contributed by atoms with Crippen LogP contribution in [0, 0.1) is 13.8 Å². The van der Waals surface area contributed by atoms with Gasteiger partial charge in [0.1, 0.15) is 0 Å². The van der Waals surface area contributed by atoms with Crippen molar-refractivity contribution in [1.29, 1.82) is 0 Å². The van der Waals surface area contributed by atoms with Crippen LogP contribution in [0.5, 0.6) is 0 Å². The Kier molecular flexibility index (Phi) is 3.11. The Labute approximate surface area is 103 Å². The molecule has 1 aromatic heterocycles. The van der Waals surface area contributed by atoms with Crippen molar-refractivity contribution < 1.29 is 13.2 Å². The lowest BCUT2D eigenvalue weighted by Gasteiger charge is -2.16.